The lowest BCUT2D eigenvalue weighted by atomic mass is 9.64. The average molecular weight is 711 g/mol. The van der Waals surface area contributed by atoms with Crippen LogP contribution < -0.4 is 14.5 Å². The molecule has 0 radical (unpaired) electrons. The van der Waals surface area contributed by atoms with Crippen molar-refractivity contribution in [2.75, 3.05) is 9.80 Å². The zero-order valence-electron chi connectivity index (χ0n) is 29.6. The van der Waals surface area contributed by atoms with Gasteiger partial charge in [-0.3, -0.25) is 0 Å². The molecule has 4 heteroatoms. The molecular weight excluding hydrogens is 677 g/mol. The van der Waals surface area contributed by atoms with Crippen molar-refractivity contribution in [1.82, 2.24) is 0 Å². The van der Waals surface area contributed by atoms with Crippen molar-refractivity contribution < 1.29 is 4.74 Å². The predicted octanol–water partition coefficient (Wildman–Crippen LogP) is 13.0. The van der Waals surface area contributed by atoms with E-state index >= 15 is 0 Å². The number of nitrogens with zero attached hydrogens (tertiary/aromatic N) is 2. The molecule has 5 aliphatic rings. The molecule has 2 aliphatic carbocycles. The summed E-state index contributed by atoms with van der Waals surface area (Å²) in [5.74, 6) is 1.80. The molecule has 1 spiro atoms. The number of thioether (sulfide) groups is 1. The minimum absolute atomic E-state index is 0.0397. The van der Waals surface area contributed by atoms with E-state index in [0.29, 0.717) is 0 Å². The van der Waals surface area contributed by atoms with E-state index in [4.69, 9.17) is 4.74 Å². The van der Waals surface area contributed by atoms with Crippen LogP contribution in [0.5, 0.6) is 11.5 Å². The van der Waals surface area contributed by atoms with Gasteiger partial charge in [-0.25, -0.2) is 0 Å². The van der Waals surface area contributed by atoms with Gasteiger partial charge in [-0.2, -0.15) is 0 Å². The second kappa shape index (κ2) is 10.9. The van der Waals surface area contributed by atoms with Gasteiger partial charge < -0.3 is 14.5 Å². The van der Waals surface area contributed by atoms with Crippen LogP contribution in [0.25, 0.3) is 16.7 Å². The third-order valence-corrected chi connectivity index (χ3v) is 13.7. The van der Waals surface area contributed by atoms with E-state index in [1.54, 1.807) is 0 Å². The van der Waals surface area contributed by atoms with E-state index in [-0.39, 0.29) is 10.8 Å². The van der Waals surface area contributed by atoms with Gasteiger partial charge in [-0.15, -0.1) is 11.8 Å². The molecule has 3 aliphatic heterocycles. The molecule has 0 saturated carbocycles. The zero-order valence-corrected chi connectivity index (χ0v) is 30.4. The smallest absolute Gasteiger partial charge is 0.159 e. The van der Waals surface area contributed by atoms with Gasteiger partial charge in [0.15, 0.2) is 11.5 Å². The van der Waals surface area contributed by atoms with E-state index in [1.165, 1.54) is 60.8 Å². The summed E-state index contributed by atoms with van der Waals surface area (Å²) >= 11 is 1.98. The lowest BCUT2D eigenvalue weighted by Crippen LogP contribution is -2.47. The van der Waals surface area contributed by atoms with E-state index in [9.17, 15) is 0 Å². The van der Waals surface area contributed by atoms with Gasteiger partial charge in [0.25, 0.3) is 0 Å². The second-order valence-electron chi connectivity index (χ2n) is 14.9. The van der Waals surface area contributed by atoms with Crippen LogP contribution in [0.4, 0.5) is 28.4 Å². The first-order chi connectivity index (χ1) is 26.7. The number of fused-ring (bicyclic) bond motifs is 15. The maximum absolute atomic E-state index is 7.21. The molecular formula is C50H34N2OS. The summed E-state index contributed by atoms with van der Waals surface area (Å²) < 4.78 is 7.00. The molecule has 2 atom stereocenters. The highest BCUT2D eigenvalue weighted by molar-refractivity contribution is 8.01. The SMILES string of the molecule is CC12Sc3ccccc3C1=CC=CC2N1c2ccccc2Oc2c1ccc1c2-c2ccccc2C12c1ccccc1N(c1ccccc1)c1ccccc12. The minimum Gasteiger partial charge on any atom is -0.452 e. The molecule has 0 aromatic heterocycles. The fraction of sp³-hybridized carbons (Fsp3) is 0.0800. The molecule has 0 amide bonds. The van der Waals surface area contributed by atoms with Crippen molar-refractivity contribution in [1.29, 1.82) is 0 Å². The number of rotatable bonds is 2. The molecule has 54 heavy (non-hydrogen) atoms. The zero-order chi connectivity index (χ0) is 35.6. The fourth-order valence-corrected chi connectivity index (χ4v) is 11.6. The number of allylic oxidation sites excluding steroid dienone is 2. The predicted molar refractivity (Wildman–Crippen MR) is 222 cm³/mol. The third kappa shape index (κ3) is 3.73. The quantitative estimate of drug-likeness (QED) is 0.177. The maximum atomic E-state index is 7.21. The number of hydrogen-bond acceptors (Lipinski definition) is 4. The Balaban J connectivity index is 1.13. The van der Waals surface area contributed by atoms with Gasteiger partial charge in [-0.05, 0) is 94.4 Å². The highest BCUT2D eigenvalue weighted by Gasteiger charge is 2.54. The van der Waals surface area contributed by atoms with Gasteiger partial charge >= 0.3 is 0 Å². The Morgan fingerprint density at radius 2 is 1.19 bits per heavy atom. The first-order valence-corrected chi connectivity index (χ1v) is 19.5. The van der Waals surface area contributed by atoms with Crippen LogP contribution in [0.3, 0.4) is 0 Å². The van der Waals surface area contributed by atoms with Crippen molar-refractivity contribution >= 4 is 45.8 Å². The van der Waals surface area contributed by atoms with Gasteiger partial charge in [0.1, 0.15) is 0 Å². The number of anilines is 5. The van der Waals surface area contributed by atoms with Crippen LogP contribution in [0.1, 0.15) is 34.7 Å². The summed E-state index contributed by atoms with van der Waals surface area (Å²) in [6.45, 7) is 2.42. The second-order valence-corrected chi connectivity index (χ2v) is 16.4. The summed E-state index contributed by atoms with van der Waals surface area (Å²) in [5, 5.41) is 0. The number of para-hydroxylation sites is 5. The highest BCUT2D eigenvalue weighted by Crippen LogP contribution is 2.68. The van der Waals surface area contributed by atoms with Gasteiger partial charge in [0.2, 0.25) is 0 Å². The topological polar surface area (TPSA) is 15.7 Å². The molecule has 0 bridgehead atoms. The van der Waals surface area contributed by atoms with Crippen molar-refractivity contribution in [3.63, 3.8) is 0 Å². The van der Waals surface area contributed by atoms with E-state index in [2.05, 4.69) is 199 Å². The lowest BCUT2D eigenvalue weighted by molar-refractivity contribution is 0.468. The Bertz CT molecular complexity index is 2740. The van der Waals surface area contributed by atoms with Gasteiger partial charge in [-0.1, -0.05) is 133 Å². The third-order valence-electron chi connectivity index (χ3n) is 12.3. The van der Waals surface area contributed by atoms with E-state index in [0.717, 1.165) is 28.6 Å². The van der Waals surface area contributed by atoms with Crippen LogP contribution in [-0.4, -0.2) is 10.8 Å². The first-order valence-electron chi connectivity index (χ1n) is 18.7. The number of benzene rings is 7. The van der Waals surface area contributed by atoms with Crippen LogP contribution in [0, 0.1) is 0 Å². The Hall–Kier alpha value is -6.23. The summed E-state index contributed by atoms with van der Waals surface area (Å²) in [4.78, 5) is 6.33. The summed E-state index contributed by atoms with van der Waals surface area (Å²) in [6, 6.07) is 60.0. The molecule has 0 fully saturated rings. The Kier molecular flexibility index (Phi) is 6.11. The van der Waals surface area contributed by atoms with E-state index < -0.39 is 5.41 Å². The average Bonchev–Trinajstić information content (AvgIpc) is 3.70. The standard InChI is InChI=1S/C50H34N2OS/c1-49-35(33-18-6-14-28-45(33)54-49)23-15-29-46(49)52-42-26-12-13-27-44(42)53-48-43(52)31-30-39-47(48)34-19-5-7-20-36(34)50(39)37-21-8-10-24-40(37)51(32-16-3-2-4-17-32)41-25-11-9-22-38(41)50/h2-31,46H,1H3. The lowest BCUT2D eigenvalue weighted by Gasteiger charge is -2.46. The molecule has 2 unspecified atom stereocenters. The van der Waals surface area contributed by atoms with Gasteiger partial charge in [0, 0.05) is 16.1 Å². The van der Waals surface area contributed by atoms with Crippen molar-refractivity contribution in [2.24, 2.45) is 0 Å². The Morgan fingerprint density at radius 3 is 1.96 bits per heavy atom. The van der Waals surface area contributed by atoms with Crippen LogP contribution in [-0.2, 0) is 5.41 Å². The van der Waals surface area contributed by atoms with Crippen molar-refractivity contribution in [3.05, 3.63) is 210 Å². The molecule has 3 heterocycles. The molecule has 0 saturated heterocycles. The molecule has 7 aromatic rings. The molecule has 12 rings (SSSR count). The largest absolute Gasteiger partial charge is 0.452 e. The minimum atomic E-state index is -0.555. The Morgan fingerprint density at radius 1 is 0.556 bits per heavy atom. The summed E-state index contributed by atoms with van der Waals surface area (Å²) in [5.41, 5.74) is 15.3. The van der Waals surface area contributed by atoms with Gasteiger partial charge in [0.05, 0.1) is 39.0 Å². The van der Waals surface area contributed by atoms with Crippen LogP contribution in [0.15, 0.2) is 187 Å². The number of ether oxygens (including phenoxy) is 1. The van der Waals surface area contributed by atoms with Crippen LogP contribution in [0.2, 0.25) is 0 Å². The first kappa shape index (κ1) is 30.3. The summed E-state index contributed by atoms with van der Waals surface area (Å²) in [6.07, 6.45) is 6.97. The van der Waals surface area contributed by atoms with E-state index in [1.807, 2.05) is 11.8 Å². The molecule has 0 N–H and O–H groups in total. The fourth-order valence-electron chi connectivity index (χ4n) is 10.2. The monoisotopic (exact) mass is 710 g/mol. The van der Waals surface area contributed by atoms with Crippen molar-refractivity contribution in [2.45, 2.75) is 28.0 Å². The molecule has 3 nitrogen and oxygen atoms in total. The molecule has 7 aromatic carbocycles. The Labute approximate surface area is 319 Å². The maximum Gasteiger partial charge on any atom is 0.159 e. The molecule has 256 valence electrons. The normalized spacial score (nSPS) is 20.0. The number of hydrogen-bond donors (Lipinski definition) is 0. The highest BCUT2D eigenvalue weighted by atomic mass is 32.2. The summed E-state index contributed by atoms with van der Waals surface area (Å²) in [7, 11) is 0. The van der Waals surface area contributed by atoms with Crippen molar-refractivity contribution in [3.8, 4) is 22.6 Å². The van der Waals surface area contributed by atoms with Crippen LogP contribution >= 0.6 is 11.8 Å².